The molecule has 4 fully saturated rings. The van der Waals surface area contributed by atoms with Crippen LogP contribution in [0, 0.1) is 52.3 Å². The van der Waals surface area contributed by atoms with E-state index in [0.717, 1.165) is 31.6 Å². The molecule has 10 atom stereocenters. The third-order valence-electron chi connectivity index (χ3n) is 10.8. The van der Waals surface area contributed by atoms with Crippen LogP contribution in [0.3, 0.4) is 0 Å². The molecule has 0 spiro atoms. The summed E-state index contributed by atoms with van der Waals surface area (Å²) in [5, 5.41) is 11.4. The summed E-state index contributed by atoms with van der Waals surface area (Å²) in [6.07, 6.45) is 13.1. The third-order valence-corrected chi connectivity index (χ3v) is 10.8. The first-order valence-corrected chi connectivity index (χ1v) is 12.7. The monoisotopic (exact) mass is 414 g/mol. The fraction of sp³-hybridized carbons (Fsp3) is 0.889. The van der Waals surface area contributed by atoms with Gasteiger partial charge in [-0.25, -0.2) is 0 Å². The van der Waals surface area contributed by atoms with E-state index in [4.69, 9.17) is 4.74 Å². The predicted molar refractivity (Wildman–Crippen MR) is 119 cm³/mol. The van der Waals surface area contributed by atoms with E-state index in [0.29, 0.717) is 35.4 Å². The van der Waals surface area contributed by atoms with E-state index in [9.17, 15) is 9.90 Å². The number of carbonyl (C=O) groups excluding carboxylic acids is 1. The molecule has 168 valence electrons. The first-order chi connectivity index (χ1) is 14.1. The Morgan fingerprint density at radius 1 is 1.20 bits per heavy atom. The SMILES string of the molecule is CC(C)CC[C@@]1(O)O[C@H]2C[C@H]3[C@@H]4CC[C@H]5CC(=O)C=C[C@]5(C)[C@H]4CC[C@]3(C)[C@H]2[C@@H]1C. The topological polar surface area (TPSA) is 46.5 Å². The van der Waals surface area contributed by atoms with Gasteiger partial charge >= 0.3 is 0 Å². The van der Waals surface area contributed by atoms with Crippen LogP contribution in [0.1, 0.15) is 86.0 Å². The van der Waals surface area contributed by atoms with Crippen LogP contribution in [0.4, 0.5) is 0 Å². The van der Waals surface area contributed by atoms with Gasteiger partial charge in [0, 0.05) is 18.8 Å². The van der Waals surface area contributed by atoms with Crippen molar-refractivity contribution >= 4 is 5.78 Å². The van der Waals surface area contributed by atoms with Crippen molar-refractivity contribution in [1.29, 1.82) is 0 Å². The predicted octanol–water partition coefficient (Wildman–Crippen LogP) is 5.76. The second-order valence-electron chi connectivity index (χ2n) is 12.5. The fourth-order valence-electron chi connectivity index (χ4n) is 9.11. The highest BCUT2D eigenvalue weighted by Gasteiger charge is 2.68. The van der Waals surface area contributed by atoms with Crippen molar-refractivity contribution in [3.8, 4) is 0 Å². The number of aliphatic hydroxyl groups is 1. The number of fused-ring (bicyclic) bond motifs is 7. The van der Waals surface area contributed by atoms with Crippen molar-refractivity contribution in [2.45, 2.75) is 97.9 Å². The number of carbonyl (C=O) groups is 1. The first-order valence-electron chi connectivity index (χ1n) is 12.7. The summed E-state index contributed by atoms with van der Waals surface area (Å²) in [6, 6.07) is 0. The molecule has 30 heavy (non-hydrogen) atoms. The van der Waals surface area contributed by atoms with E-state index in [1.165, 1.54) is 25.7 Å². The maximum Gasteiger partial charge on any atom is 0.168 e. The van der Waals surface area contributed by atoms with Crippen LogP contribution in [-0.2, 0) is 9.53 Å². The van der Waals surface area contributed by atoms with Crippen molar-refractivity contribution in [2.24, 2.45) is 52.3 Å². The summed E-state index contributed by atoms with van der Waals surface area (Å²) in [7, 11) is 0. The molecule has 0 aromatic carbocycles. The van der Waals surface area contributed by atoms with Gasteiger partial charge in [0.25, 0.3) is 0 Å². The van der Waals surface area contributed by atoms with Crippen molar-refractivity contribution in [3.05, 3.63) is 12.2 Å². The van der Waals surface area contributed by atoms with E-state index in [1.54, 1.807) is 0 Å². The molecule has 3 heteroatoms. The zero-order valence-corrected chi connectivity index (χ0v) is 19.7. The average molecular weight is 415 g/mol. The van der Waals surface area contributed by atoms with E-state index < -0.39 is 5.79 Å². The second-order valence-corrected chi connectivity index (χ2v) is 12.5. The van der Waals surface area contributed by atoms with Gasteiger partial charge in [0.1, 0.15) is 0 Å². The van der Waals surface area contributed by atoms with Gasteiger partial charge in [-0.1, -0.05) is 40.7 Å². The average Bonchev–Trinajstić information content (AvgIpc) is 3.11. The Kier molecular flexibility index (Phi) is 4.88. The third kappa shape index (κ3) is 2.86. The molecule has 1 saturated heterocycles. The molecule has 1 N–H and O–H groups in total. The van der Waals surface area contributed by atoms with E-state index in [2.05, 4.69) is 40.7 Å². The molecule has 3 saturated carbocycles. The Hall–Kier alpha value is -0.670. The Morgan fingerprint density at radius 3 is 2.70 bits per heavy atom. The molecule has 0 aromatic heterocycles. The second kappa shape index (κ2) is 6.91. The van der Waals surface area contributed by atoms with Crippen LogP contribution in [0.15, 0.2) is 12.2 Å². The number of ketones is 1. The Morgan fingerprint density at radius 2 is 1.97 bits per heavy atom. The van der Waals surface area contributed by atoms with Crippen molar-refractivity contribution in [1.82, 2.24) is 0 Å². The van der Waals surface area contributed by atoms with E-state index >= 15 is 0 Å². The minimum atomic E-state index is -0.930. The fourth-order valence-corrected chi connectivity index (χ4v) is 9.11. The largest absolute Gasteiger partial charge is 0.365 e. The van der Waals surface area contributed by atoms with Gasteiger partial charge in [-0.3, -0.25) is 4.79 Å². The van der Waals surface area contributed by atoms with Crippen molar-refractivity contribution in [2.75, 3.05) is 0 Å². The lowest BCUT2D eigenvalue weighted by atomic mass is 9.45. The minimum Gasteiger partial charge on any atom is -0.365 e. The molecule has 4 aliphatic carbocycles. The smallest absolute Gasteiger partial charge is 0.168 e. The summed E-state index contributed by atoms with van der Waals surface area (Å²) in [5.41, 5.74) is 0.477. The van der Waals surface area contributed by atoms with Crippen LogP contribution in [0.2, 0.25) is 0 Å². The number of rotatable bonds is 3. The highest BCUT2D eigenvalue weighted by Crippen LogP contribution is 2.70. The van der Waals surface area contributed by atoms with Crippen LogP contribution >= 0.6 is 0 Å². The molecule has 0 amide bonds. The van der Waals surface area contributed by atoms with Gasteiger partial charge in [0.15, 0.2) is 11.6 Å². The standard InChI is InChI=1S/C27H42O3/c1-16(2)8-13-27(29)17(3)24-23(30-27)15-22-20-7-6-18-14-19(28)9-11-25(18,4)21(20)10-12-26(22,24)5/h9,11,16-18,20-24,29H,6-8,10,12-15H2,1-5H3/t17-,18-,20+,21-,22-,23-,24-,25-,26-,27+/m0/s1. The molecule has 0 unspecified atom stereocenters. The molecule has 1 heterocycles. The first kappa shape index (κ1) is 21.2. The Balaban J connectivity index is 1.40. The van der Waals surface area contributed by atoms with Gasteiger partial charge in [-0.2, -0.15) is 0 Å². The molecule has 0 aromatic rings. The van der Waals surface area contributed by atoms with Gasteiger partial charge in [-0.05, 0) is 90.9 Å². The molecule has 3 nitrogen and oxygen atoms in total. The summed E-state index contributed by atoms with van der Waals surface area (Å²) in [4.78, 5) is 12.1. The van der Waals surface area contributed by atoms with Gasteiger partial charge in [-0.15, -0.1) is 0 Å². The zero-order valence-electron chi connectivity index (χ0n) is 19.7. The van der Waals surface area contributed by atoms with E-state index in [1.807, 2.05) is 6.08 Å². The van der Waals surface area contributed by atoms with Crippen LogP contribution < -0.4 is 0 Å². The number of allylic oxidation sites excluding steroid dienone is 2. The van der Waals surface area contributed by atoms with Gasteiger partial charge in [0.05, 0.1) is 6.10 Å². The van der Waals surface area contributed by atoms with Crippen LogP contribution in [0.5, 0.6) is 0 Å². The summed E-state index contributed by atoms with van der Waals surface area (Å²) < 4.78 is 6.52. The highest BCUT2D eigenvalue weighted by atomic mass is 16.6. The molecule has 5 aliphatic rings. The number of hydrogen-bond acceptors (Lipinski definition) is 3. The van der Waals surface area contributed by atoms with Crippen LogP contribution in [-0.4, -0.2) is 22.8 Å². The molecule has 0 bridgehead atoms. The summed E-state index contributed by atoms with van der Waals surface area (Å²) in [5.74, 6) is 3.37. The lowest BCUT2D eigenvalue weighted by Crippen LogP contribution is -2.53. The lowest BCUT2D eigenvalue weighted by Gasteiger charge is -2.59. The number of hydrogen-bond donors (Lipinski definition) is 1. The normalized spacial score (nSPS) is 54.6. The molecular weight excluding hydrogens is 372 g/mol. The molecular formula is C27H42O3. The maximum absolute atomic E-state index is 12.1. The van der Waals surface area contributed by atoms with Crippen LogP contribution in [0.25, 0.3) is 0 Å². The van der Waals surface area contributed by atoms with E-state index in [-0.39, 0.29) is 22.9 Å². The molecule has 0 radical (unpaired) electrons. The summed E-state index contributed by atoms with van der Waals surface area (Å²) >= 11 is 0. The Bertz CT molecular complexity index is 742. The van der Waals surface area contributed by atoms with Gasteiger partial charge in [0.2, 0.25) is 0 Å². The zero-order chi connectivity index (χ0) is 21.5. The van der Waals surface area contributed by atoms with Crippen molar-refractivity contribution < 1.29 is 14.6 Å². The number of ether oxygens (including phenoxy) is 1. The summed E-state index contributed by atoms with van der Waals surface area (Å²) in [6.45, 7) is 11.7. The Labute approximate surface area is 183 Å². The van der Waals surface area contributed by atoms with Gasteiger partial charge < -0.3 is 9.84 Å². The highest BCUT2D eigenvalue weighted by molar-refractivity contribution is 5.91. The lowest BCUT2D eigenvalue weighted by molar-refractivity contribution is -0.221. The molecule has 1 aliphatic heterocycles. The molecule has 5 rings (SSSR count). The maximum atomic E-state index is 12.1. The van der Waals surface area contributed by atoms with Crippen molar-refractivity contribution in [3.63, 3.8) is 0 Å². The minimum absolute atomic E-state index is 0.195. The quantitative estimate of drug-likeness (QED) is 0.638.